The van der Waals surface area contributed by atoms with E-state index in [1.54, 1.807) is 0 Å². The summed E-state index contributed by atoms with van der Waals surface area (Å²) >= 11 is 0. The van der Waals surface area contributed by atoms with E-state index >= 15 is 0 Å². The number of nitrogens with zero attached hydrogens (tertiary/aromatic N) is 1. The fraction of sp³-hybridized carbons (Fsp3) is 0.286. The molecular weight excluding hydrogens is 218 g/mol. The van der Waals surface area contributed by atoms with E-state index in [0.29, 0.717) is 0 Å². The second-order valence-corrected chi connectivity index (χ2v) is 4.61. The van der Waals surface area contributed by atoms with Crippen LogP contribution in [0, 0.1) is 0 Å². The normalized spacial score (nSPS) is 11.4. The number of rotatable bonds is 4. The molecule has 0 saturated carbocycles. The number of benzene rings is 1. The van der Waals surface area contributed by atoms with Crippen LogP contribution in [-0.2, 0) is 5.54 Å². The third-order valence-corrected chi connectivity index (χ3v) is 2.97. The SMILES string of the molecule is C=CC(C=C)(c1ccccc1)[N+](C)(C)C.[Cl-]. The van der Waals surface area contributed by atoms with Crippen LogP contribution >= 0.6 is 0 Å². The fourth-order valence-electron chi connectivity index (χ4n) is 1.96. The summed E-state index contributed by atoms with van der Waals surface area (Å²) in [6.45, 7) is 7.92. The van der Waals surface area contributed by atoms with E-state index in [1.165, 1.54) is 5.56 Å². The third-order valence-electron chi connectivity index (χ3n) is 2.97. The molecule has 1 aromatic carbocycles. The van der Waals surface area contributed by atoms with E-state index in [0.717, 1.165) is 4.48 Å². The molecule has 1 nitrogen and oxygen atoms in total. The molecule has 16 heavy (non-hydrogen) atoms. The molecule has 1 aromatic rings. The zero-order chi connectivity index (χ0) is 11.5. The zero-order valence-electron chi connectivity index (χ0n) is 10.3. The predicted molar refractivity (Wildman–Crippen MR) is 66.5 cm³/mol. The van der Waals surface area contributed by atoms with Gasteiger partial charge in [-0.3, -0.25) is 0 Å². The van der Waals surface area contributed by atoms with Gasteiger partial charge in [0, 0.05) is 5.56 Å². The van der Waals surface area contributed by atoms with Crippen molar-refractivity contribution in [2.45, 2.75) is 5.54 Å². The Morgan fingerprint density at radius 3 is 1.75 bits per heavy atom. The summed E-state index contributed by atoms with van der Waals surface area (Å²) in [6, 6.07) is 10.4. The van der Waals surface area contributed by atoms with Gasteiger partial charge in [-0.1, -0.05) is 43.5 Å². The summed E-state index contributed by atoms with van der Waals surface area (Å²) in [5.74, 6) is 0. The molecule has 88 valence electrons. The van der Waals surface area contributed by atoms with Crippen molar-refractivity contribution in [3.8, 4) is 0 Å². The molecule has 0 aliphatic rings. The van der Waals surface area contributed by atoms with Gasteiger partial charge in [0.1, 0.15) is 0 Å². The Balaban J connectivity index is 0.00000225. The Labute approximate surface area is 105 Å². The number of likely N-dealkylation sites (N-methyl/N-ethyl adjacent to an activating group) is 1. The van der Waals surface area contributed by atoms with Crippen LogP contribution in [-0.4, -0.2) is 25.6 Å². The van der Waals surface area contributed by atoms with Gasteiger partial charge in [-0.15, -0.1) is 0 Å². The van der Waals surface area contributed by atoms with Gasteiger partial charge in [0.2, 0.25) is 0 Å². The molecule has 0 radical (unpaired) electrons. The van der Waals surface area contributed by atoms with E-state index in [1.807, 2.05) is 30.4 Å². The molecule has 0 fully saturated rings. The van der Waals surface area contributed by atoms with Crippen LogP contribution in [0.3, 0.4) is 0 Å². The average molecular weight is 238 g/mol. The summed E-state index contributed by atoms with van der Waals surface area (Å²) < 4.78 is 0.754. The molecule has 0 atom stereocenters. The van der Waals surface area contributed by atoms with Gasteiger partial charge in [-0.2, -0.15) is 0 Å². The van der Waals surface area contributed by atoms with Crippen LogP contribution in [0.4, 0.5) is 0 Å². The Bertz CT molecular complexity index is 341. The lowest BCUT2D eigenvalue weighted by atomic mass is 9.87. The first-order valence-corrected chi connectivity index (χ1v) is 5.12. The molecule has 2 heteroatoms. The fourth-order valence-corrected chi connectivity index (χ4v) is 1.96. The van der Waals surface area contributed by atoms with Gasteiger partial charge in [-0.25, -0.2) is 0 Å². The second-order valence-electron chi connectivity index (χ2n) is 4.61. The Hall–Kier alpha value is -1.05. The van der Waals surface area contributed by atoms with E-state index in [9.17, 15) is 0 Å². The van der Waals surface area contributed by atoms with Gasteiger partial charge in [0.05, 0.1) is 21.1 Å². The minimum Gasteiger partial charge on any atom is -1.00 e. The van der Waals surface area contributed by atoms with Crippen LogP contribution in [0.5, 0.6) is 0 Å². The standard InChI is InChI=1S/C14H20N.ClH/c1-6-14(7-2,15(3,4)5)13-11-9-8-10-12-13;/h6-12H,1-2H2,3-5H3;1H/q+1;/p-1. The molecular formula is C14H20ClN. The highest BCUT2D eigenvalue weighted by atomic mass is 35.5. The monoisotopic (exact) mass is 237 g/mol. The van der Waals surface area contributed by atoms with Crippen LogP contribution in [0.25, 0.3) is 0 Å². The summed E-state index contributed by atoms with van der Waals surface area (Å²) in [7, 11) is 6.45. The lowest BCUT2D eigenvalue weighted by Crippen LogP contribution is -3.00. The second kappa shape index (κ2) is 5.33. The smallest absolute Gasteiger partial charge is 0.161 e. The van der Waals surface area contributed by atoms with E-state index in [-0.39, 0.29) is 17.9 Å². The molecule has 0 spiro atoms. The third kappa shape index (κ3) is 2.37. The quantitative estimate of drug-likeness (QED) is 0.510. The van der Waals surface area contributed by atoms with Crippen LogP contribution in [0.2, 0.25) is 0 Å². The largest absolute Gasteiger partial charge is 1.00 e. The Kier molecular flexibility index (Phi) is 4.98. The van der Waals surface area contributed by atoms with Crippen LogP contribution < -0.4 is 12.4 Å². The van der Waals surface area contributed by atoms with Crippen molar-refractivity contribution in [3.63, 3.8) is 0 Å². The summed E-state index contributed by atoms with van der Waals surface area (Å²) in [6.07, 6.45) is 3.94. The molecule has 0 aliphatic carbocycles. The number of hydrogen-bond acceptors (Lipinski definition) is 0. The Morgan fingerprint density at radius 2 is 1.44 bits per heavy atom. The van der Waals surface area contributed by atoms with Crippen molar-refractivity contribution in [2.24, 2.45) is 0 Å². The van der Waals surface area contributed by atoms with Crippen molar-refractivity contribution in [1.82, 2.24) is 0 Å². The molecule has 0 unspecified atom stereocenters. The average Bonchev–Trinajstić information content (AvgIpc) is 2.20. The molecule has 0 heterocycles. The van der Waals surface area contributed by atoms with Crippen molar-refractivity contribution < 1.29 is 16.9 Å². The Morgan fingerprint density at radius 1 is 1.00 bits per heavy atom. The zero-order valence-corrected chi connectivity index (χ0v) is 11.0. The number of quaternary nitrogens is 1. The maximum absolute atomic E-state index is 3.96. The first kappa shape index (κ1) is 14.9. The van der Waals surface area contributed by atoms with Crippen LogP contribution in [0.1, 0.15) is 5.56 Å². The highest BCUT2D eigenvalue weighted by molar-refractivity contribution is 5.31. The summed E-state index contributed by atoms with van der Waals surface area (Å²) in [5, 5.41) is 0. The maximum atomic E-state index is 3.96. The van der Waals surface area contributed by atoms with Crippen molar-refractivity contribution >= 4 is 0 Å². The van der Waals surface area contributed by atoms with Gasteiger partial charge < -0.3 is 16.9 Å². The first-order valence-electron chi connectivity index (χ1n) is 5.12. The number of halogens is 1. The van der Waals surface area contributed by atoms with Gasteiger partial charge in [0.25, 0.3) is 0 Å². The molecule has 1 rings (SSSR count). The minimum atomic E-state index is -0.221. The first-order chi connectivity index (χ1) is 6.98. The lowest BCUT2D eigenvalue weighted by molar-refractivity contribution is -0.915. The van der Waals surface area contributed by atoms with Gasteiger partial charge in [0.15, 0.2) is 5.54 Å². The highest BCUT2D eigenvalue weighted by Crippen LogP contribution is 2.33. The van der Waals surface area contributed by atoms with E-state index in [4.69, 9.17) is 0 Å². The van der Waals surface area contributed by atoms with Crippen molar-refractivity contribution in [3.05, 3.63) is 61.2 Å². The van der Waals surface area contributed by atoms with Gasteiger partial charge >= 0.3 is 0 Å². The minimum absolute atomic E-state index is 0. The highest BCUT2D eigenvalue weighted by Gasteiger charge is 2.38. The maximum Gasteiger partial charge on any atom is 0.161 e. The molecule has 0 bridgehead atoms. The molecule has 0 aromatic heterocycles. The molecule has 0 aliphatic heterocycles. The van der Waals surface area contributed by atoms with E-state index in [2.05, 4.69) is 46.4 Å². The van der Waals surface area contributed by atoms with E-state index < -0.39 is 0 Å². The van der Waals surface area contributed by atoms with Crippen molar-refractivity contribution in [2.75, 3.05) is 21.1 Å². The predicted octanol–water partition coefficient (Wildman–Crippen LogP) is -0.0359. The number of hydrogen-bond donors (Lipinski definition) is 0. The summed E-state index contributed by atoms with van der Waals surface area (Å²) in [5.41, 5.74) is 1.00. The molecule has 0 amide bonds. The molecule has 0 saturated heterocycles. The topological polar surface area (TPSA) is 0 Å². The van der Waals surface area contributed by atoms with Gasteiger partial charge in [-0.05, 0) is 12.2 Å². The lowest BCUT2D eigenvalue weighted by Gasteiger charge is -2.42. The van der Waals surface area contributed by atoms with Crippen molar-refractivity contribution in [1.29, 1.82) is 0 Å². The molecule has 0 N–H and O–H groups in total. The van der Waals surface area contributed by atoms with Crippen LogP contribution in [0.15, 0.2) is 55.6 Å². The summed E-state index contributed by atoms with van der Waals surface area (Å²) in [4.78, 5) is 0.